The third-order valence-corrected chi connectivity index (χ3v) is 7.33. The van der Waals surface area contributed by atoms with Gasteiger partial charge in [-0.15, -0.1) is 0 Å². The van der Waals surface area contributed by atoms with E-state index in [0.29, 0.717) is 44.1 Å². The molecule has 202 valence electrons. The first kappa shape index (κ1) is 26.3. The maximum absolute atomic E-state index is 13.4. The number of benzene rings is 2. The lowest BCUT2D eigenvalue weighted by atomic mass is 9.94. The standard InChI is InChI=1S/C30H36N2O6/c1-3-14-37-24-7-4-6-21(19-24)27-26(28(33)22-8-9-25-23(18-22)17-20(2)38-25)29(34)30(35)32(27)11-5-10-31-12-15-36-16-13-31/h4,6-9,18-20,27,33H,3,5,10-17H2,1-2H3/b28-26+/t20-,27+/m1/s1. The smallest absolute Gasteiger partial charge is 0.295 e. The summed E-state index contributed by atoms with van der Waals surface area (Å²) in [5.74, 6) is 0.0495. The van der Waals surface area contributed by atoms with Crippen LogP contribution in [0.5, 0.6) is 11.5 Å². The van der Waals surface area contributed by atoms with Crippen LogP contribution < -0.4 is 9.47 Å². The van der Waals surface area contributed by atoms with Crippen molar-refractivity contribution in [2.45, 2.75) is 45.3 Å². The van der Waals surface area contributed by atoms with E-state index in [0.717, 1.165) is 49.4 Å². The Hall–Kier alpha value is -3.36. The van der Waals surface area contributed by atoms with Gasteiger partial charge in [-0.1, -0.05) is 19.1 Å². The van der Waals surface area contributed by atoms with E-state index < -0.39 is 17.7 Å². The van der Waals surface area contributed by atoms with Crippen LogP contribution in [0, 0.1) is 0 Å². The zero-order chi connectivity index (χ0) is 26.6. The Morgan fingerprint density at radius 2 is 1.92 bits per heavy atom. The number of fused-ring (bicyclic) bond motifs is 1. The van der Waals surface area contributed by atoms with Gasteiger partial charge in [-0.3, -0.25) is 14.5 Å². The zero-order valence-corrected chi connectivity index (χ0v) is 22.2. The number of rotatable bonds is 9. The summed E-state index contributed by atoms with van der Waals surface area (Å²) in [6.45, 7) is 8.95. The van der Waals surface area contributed by atoms with Crippen LogP contribution in [0.15, 0.2) is 48.0 Å². The largest absolute Gasteiger partial charge is 0.507 e. The number of morpholine rings is 1. The van der Waals surface area contributed by atoms with Gasteiger partial charge >= 0.3 is 0 Å². The van der Waals surface area contributed by atoms with Crippen LogP contribution in [0.1, 0.15) is 49.4 Å². The van der Waals surface area contributed by atoms with Gasteiger partial charge in [0.1, 0.15) is 23.4 Å². The summed E-state index contributed by atoms with van der Waals surface area (Å²) in [5.41, 5.74) is 2.34. The Balaban J connectivity index is 1.49. The number of likely N-dealkylation sites (tertiary alicyclic amines) is 1. The highest BCUT2D eigenvalue weighted by Gasteiger charge is 2.46. The molecule has 3 heterocycles. The molecule has 8 nitrogen and oxygen atoms in total. The summed E-state index contributed by atoms with van der Waals surface area (Å²) in [7, 11) is 0. The minimum absolute atomic E-state index is 0.0605. The molecule has 8 heteroatoms. The molecule has 0 spiro atoms. The molecule has 3 aliphatic heterocycles. The number of carbonyl (C=O) groups is 2. The average molecular weight is 521 g/mol. The highest BCUT2D eigenvalue weighted by Crippen LogP contribution is 2.41. The van der Waals surface area contributed by atoms with E-state index in [1.807, 2.05) is 50.2 Å². The molecule has 0 saturated carbocycles. The molecule has 5 rings (SSSR count). The van der Waals surface area contributed by atoms with Crippen molar-refractivity contribution in [2.24, 2.45) is 0 Å². The molecule has 0 bridgehead atoms. The topological polar surface area (TPSA) is 88.5 Å². The van der Waals surface area contributed by atoms with E-state index >= 15 is 0 Å². The summed E-state index contributed by atoms with van der Waals surface area (Å²) in [6.07, 6.45) is 2.37. The van der Waals surface area contributed by atoms with Crippen molar-refractivity contribution < 1.29 is 28.9 Å². The second-order valence-electron chi connectivity index (χ2n) is 10.2. The number of nitrogens with zero attached hydrogens (tertiary/aromatic N) is 2. The lowest BCUT2D eigenvalue weighted by molar-refractivity contribution is -0.140. The van der Waals surface area contributed by atoms with Crippen LogP contribution in [-0.2, 0) is 20.7 Å². The summed E-state index contributed by atoms with van der Waals surface area (Å²) in [4.78, 5) is 30.7. The van der Waals surface area contributed by atoms with Gasteiger partial charge in [0.25, 0.3) is 11.7 Å². The molecule has 1 amide bonds. The van der Waals surface area contributed by atoms with Crippen LogP contribution in [0.2, 0.25) is 0 Å². The number of ketones is 1. The van der Waals surface area contributed by atoms with Gasteiger partial charge in [0.15, 0.2) is 0 Å². The van der Waals surface area contributed by atoms with Gasteiger partial charge in [0.05, 0.1) is 31.4 Å². The highest BCUT2D eigenvalue weighted by molar-refractivity contribution is 6.46. The number of carbonyl (C=O) groups excluding carboxylic acids is 2. The molecule has 0 radical (unpaired) electrons. The first-order valence-corrected chi connectivity index (χ1v) is 13.6. The molecule has 3 aliphatic rings. The quantitative estimate of drug-likeness (QED) is 0.304. The predicted octanol–water partition coefficient (Wildman–Crippen LogP) is 3.94. The number of ether oxygens (including phenoxy) is 3. The molecule has 0 aliphatic carbocycles. The Kier molecular flexibility index (Phi) is 8.00. The number of hydrogen-bond donors (Lipinski definition) is 1. The monoisotopic (exact) mass is 520 g/mol. The number of aliphatic hydroxyl groups excluding tert-OH is 1. The van der Waals surface area contributed by atoms with E-state index in [4.69, 9.17) is 14.2 Å². The Morgan fingerprint density at radius 3 is 2.71 bits per heavy atom. The first-order chi connectivity index (χ1) is 18.5. The molecule has 0 unspecified atom stereocenters. The maximum Gasteiger partial charge on any atom is 0.295 e. The third kappa shape index (κ3) is 5.42. The van der Waals surface area contributed by atoms with Crippen molar-refractivity contribution in [3.8, 4) is 11.5 Å². The van der Waals surface area contributed by atoms with Crippen molar-refractivity contribution in [1.82, 2.24) is 9.80 Å². The van der Waals surface area contributed by atoms with E-state index in [1.54, 1.807) is 11.0 Å². The van der Waals surface area contributed by atoms with Gasteiger partial charge in [-0.2, -0.15) is 0 Å². The van der Waals surface area contributed by atoms with Crippen molar-refractivity contribution in [2.75, 3.05) is 46.0 Å². The maximum atomic E-state index is 13.4. The lowest BCUT2D eigenvalue weighted by Crippen LogP contribution is -2.38. The Bertz CT molecular complexity index is 1220. The number of amides is 1. The van der Waals surface area contributed by atoms with E-state index in [9.17, 15) is 14.7 Å². The second kappa shape index (κ2) is 11.6. The first-order valence-electron chi connectivity index (χ1n) is 13.6. The molecular weight excluding hydrogens is 484 g/mol. The van der Waals surface area contributed by atoms with Gasteiger partial charge < -0.3 is 24.2 Å². The fraction of sp³-hybridized carbons (Fsp3) is 0.467. The molecule has 1 N–H and O–H groups in total. The summed E-state index contributed by atoms with van der Waals surface area (Å²) in [5, 5.41) is 11.5. The fourth-order valence-electron chi connectivity index (χ4n) is 5.47. The summed E-state index contributed by atoms with van der Waals surface area (Å²) >= 11 is 0. The SMILES string of the molecule is CCCOc1cccc([C@H]2/C(=C(\O)c3ccc4c(c3)C[C@@H](C)O4)C(=O)C(=O)N2CCCN2CCOCC2)c1. The lowest BCUT2D eigenvalue weighted by Gasteiger charge is -2.29. The van der Waals surface area contributed by atoms with Gasteiger partial charge in [0, 0.05) is 38.2 Å². The molecular formula is C30H36N2O6. The molecule has 2 aromatic carbocycles. The Labute approximate surface area is 223 Å². The normalized spacial score (nSPS) is 22.9. The van der Waals surface area contributed by atoms with Gasteiger partial charge in [-0.05, 0) is 61.2 Å². The fourth-order valence-corrected chi connectivity index (χ4v) is 5.47. The van der Waals surface area contributed by atoms with Gasteiger partial charge in [0.2, 0.25) is 0 Å². The van der Waals surface area contributed by atoms with Crippen LogP contribution >= 0.6 is 0 Å². The minimum atomic E-state index is -0.701. The van der Waals surface area contributed by atoms with Crippen molar-refractivity contribution in [1.29, 1.82) is 0 Å². The van der Waals surface area contributed by atoms with Crippen LogP contribution in [0.4, 0.5) is 0 Å². The average Bonchev–Trinajstić information content (AvgIpc) is 3.43. The number of aliphatic hydroxyl groups is 1. The van der Waals surface area contributed by atoms with Crippen molar-refractivity contribution in [3.63, 3.8) is 0 Å². The summed E-state index contributed by atoms with van der Waals surface area (Å²) in [6, 6.07) is 12.2. The van der Waals surface area contributed by atoms with E-state index in [2.05, 4.69) is 4.90 Å². The molecule has 0 aromatic heterocycles. The van der Waals surface area contributed by atoms with Gasteiger partial charge in [-0.25, -0.2) is 0 Å². The molecule has 2 aromatic rings. The third-order valence-electron chi connectivity index (χ3n) is 7.33. The highest BCUT2D eigenvalue weighted by atomic mass is 16.5. The molecule has 38 heavy (non-hydrogen) atoms. The van der Waals surface area contributed by atoms with Crippen LogP contribution in [0.25, 0.3) is 5.76 Å². The number of Topliss-reactive ketones (excluding diaryl/α,β-unsaturated/α-hetero) is 1. The molecule has 2 fully saturated rings. The summed E-state index contributed by atoms with van der Waals surface area (Å²) < 4.78 is 17.1. The predicted molar refractivity (Wildman–Crippen MR) is 143 cm³/mol. The van der Waals surface area contributed by atoms with Crippen molar-refractivity contribution >= 4 is 17.4 Å². The second-order valence-corrected chi connectivity index (χ2v) is 10.2. The minimum Gasteiger partial charge on any atom is -0.507 e. The van der Waals surface area contributed by atoms with Crippen molar-refractivity contribution in [3.05, 3.63) is 64.7 Å². The Morgan fingerprint density at radius 1 is 1.11 bits per heavy atom. The van der Waals surface area contributed by atoms with E-state index in [1.165, 1.54) is 0 Å². The zero-order valence-electron chi connectivity index (χ0n) is 22.2. The number of hydrogen-bond acceptors (Lipinski definition) is 7. The van der Waals surface area contributed by atoms with E-state index in [-0.39, 0.29) is 17.4 Å². The molecule has 2 atom stereocenters. The molecule has 2 saturated heterocycles. The van der Waals surface area contributed by atoms with Crippen LogP contribution in [0.3, 0.4) is 0 Å². The van der Waals surface area contributed by atoms with Crippen LogP contribution in [-0.4, -0.2) is 78.7 Å².